The smallest absolute Gasteiger partial charge is 0.0664 e. The summed E-state index contributed by atoms with van der Waals surface area (Å²) in [5.41, 5.74) is 0. The lowest BCUT2D eigenvalue weighted by atomic mass is 10.2. The molecule has 0 saturated carbocycles. The van der Waals surface area contributed by atoms with E-state index in [1.165, 1.54) is 17.9 Å². The van der Waals surface area contributed by atoms with E-state index in [2.05, 4.69) is 12.2 Å². The van der Waals surface area contributed by atoms with Crippen LogP contribution < -0.4 is 5.32 Å². The van der Waals surface area contributed by atoms with Gasteiger partial charge in [0.05, 0.1) is 6.10 Å². The van der Waals surface area contributed by atoms with E-state index in [1.807, 2.05) is 11.8 Å². The molecule has 0 bridgehead atoms. The summed E-state index contributed by atoms with van der Waals surface area (Å²) in [6.45, 7) is 2.88. The van der Waals surface area contributed by atoms with Crippen LogP contribution in [0.4, 0.5) is 0 Å². The second kappa shape index (κ2) is 5.84. The van der Waals surface area contributed by atoms with Crippen LogP contribution in [0.1, 0.15) is 26.2 Å². The molecule has 1 fully saturated rings. The van der Waals surface area contributed by atoms with Crippen molar-refractivity contribution < 1.29 is 5.11 Å². The molecule has 0 aromatic rings. The molecule has 1 aliphatic heterocycles. The predicted octanol–water partition coefficient (Wildman–Crippen LogP) is 1.24. The molecule has 0 aromatic heterocycles. The number of nitrogens with one attached hydrogen (secondary N) is 1. The zero-order valence-electron chi connectivity index (χ0n) is 7.75. The summed E-state index contributed by atoms with van der Waals surface area (Å²) in [6.07, 6.45) is 3.12. The Morgan fingerprint density at radius 2 is 2.50 bits per heavy atom. The van der Waals surface area contributed by atoms with Crippen molar-refractivity contribution in [1.29, 1.82) is 0 Å². The van der Waals surface area contributed by atoms with Crippen molar-refractivity contribution in [2.24, 2.45) is 0 Å². The van der Waals surface area contributed by atoms with Gasteiger partial charge >= 0.3 is 0 Å². The van der Waals surface area contributed by atoms with Crippen LogP contribution >= 0.6 is 11.8 Å². The Hall–Kier alpha value is 0.270. The van der Waals surface area contributed by atoms with Crippen LogP contribution in [0.2, 0.25) is 0 Å². The van der Waals surface area contributed by atoms with Crippen molar-refractivity contribution in [1.82, 2.24) is 5.32 Å². The molecular weight excluding hydrogens is 170 g/mol. The maximum absolute atomic E-state index is 9.44. The van der Waals surface area contributed by atoms with Crippen molar-refractivity contribution in [3.63, 3.8) is 0 Å². The van der Waals surface area contributed by atoms with Crippen LogP contribution in [0.3, 0.4) is 0 Å². The van der Waals surface area contributed by atoms with Crippen molar-refractivity contribution >= 4 is 11.8 Å². The third-order valence-electron chi connectivity index (χ3n) is 2.19. The fourth-order valence-corrected chi connectivity index (χ4v) is 2.62. The molecule has 0 spiro atoms. The largest absolute Gasteiger partial charge is 0.392 e. The minimum absolute atomic E-state index is 0.138. The van der Waals surface area contributed by atoms with E-state index >= 15 is 0 Å². The van der Waals surface area contributed by atoms with Crippen LogP contribution in [-0.2, 0) is 0 Å². The quantitative estimate of drug-likeness (QED) is 0.682. The Kier molecular flexibility index (Phi) is 5.04. The van der Waals surface area contributed by atoms with Crippen LogP contribution in [0, 0.1) is 0 Å². The van der Waals surface area contributed by atoms with E-state index in [4.69, 9.17) is 0 Å². The molecule has 1 saturated heterocycles. The zero-order valence-corrected chi connectivity index (χ0v) is 8.57. The van der Waals surface area contributed by atoms with Gasteiger partial charge in [-0.3, -0.25) is 0 Å². The van der Waals surface area contributed by atoms with Gasteiger partial charge in [-0.25, -0.2) is 0 Å². The second-order valence-electron chi connectivity index (χ2n) is 3.41. The highest BCUT2D eigenvalue weighted by atomic mass is 32.2. The first-order valence-corrected chi connectivity index (χ1v) is 5.97. The highest BCUT2D eigenvalue weighted by Crippen LogP contribution is 2.16. The molecule has 2 N–H and O–H groups in total. The van der Waals surface area contributed by atoms with Crippen LogP contribution in [-0.4, -0.2) is 35.3 Å². The van der Waals surface area contributed by atoms with Crippen molar-refractivity contribution in [3.05, 3.63) is 0 Å². The summed E-state index contributed by atoms with van der Waals surface area (Å²) in [4.78, 5) is 0. The summed E-state index contributed by atoms with van der Waals surface area (Å²) in [5.74, 6) is 2.50. The Morgan fingerprint density at radius 1 is 1.67 bits per heavy atom. The Bertz CT molecular complexity index is 115. The first kappa shape index (κ1) is 10.4. The average molecular weight is 189 g/mol. The van der Waals surface area contributed by atoms with Crippen molar-refractivity contribution in [2.75, 3.05) is 18.1 Å². The van der Waals surface area contributed by atoms with E-state index in [1.54, 1.807) is 0 Å². The molecule has 2 unspecified atom stereocenters. The number of thioether (sulfide) groups is 1. The summed E-state index contributed by atoms with van der Waals surface area (Å²) < 4.78 is 0. The Morgan fingerprint density at radius 3 is 3.08 bits per heavy atom. The summed E-state index contributed by atoms with van der Waals surface area (Å²) in [6, 6.07) is 0.654. The molecule has 0 radical (unpaired) electrons. The summed E-state index contributed by atoms with van der Waals surface area (Å²) >= 11 is 2.00. The molecule has 1 heterocycles. The topological polar surface area (TPSA) is 32.3 Å². The molecule has 12 heavy (non-hydrogen) atoms. The van der Waals surface area contributed by atoms with Crippen molar-refractivity contribution in [2.45, 2.75) is 38.3 Å². The van der Waals surface area contributed by atoms with Gasteiger partial charge in [0.15, 0.2) is 0 Å². The Balaban J connectivity index is 1.99. The fraction of sp³-hybridized carbons (Fsp3) is 1.00. The molecule has 0 aliphatic carbocycles. The van der Waals surface area contributed by atoms with E-state index < -0.39 is 0 Å². The van der Waals surface area contributed by atoms with Crippen LogP contribution in [0.15, 0.2) is 0 Å². The van der Waals surface area contributed by atoms with Gasteiger partial charge in [-0.1, -0.05) is 13.3 Å². The van der Waals surface area contributed by atoms with Gasteiger partial charge in [-0.05, 0) is 18.6 Å². The van der Waals surface area contributed by atoms with E-state index in [-0.39, 0.29) is 6.10 Å². The molecule has 1 aliphatic rings. The number of rotatable bonds is 5. The normalized spacial score (nSPS) is 26.0. The van der Waals surface area contributed by atoms with Crippen LogP contribution in [0.25, 0.3) is 0 Å². The first-order valence-electron chi connectivity index (χ1n) is 4.82. The number of hydrogen-bond donors (Lipinski definition) is 2. The van der Waals surface area contributed by atoms with Gasteiger partial charge in [-0.15, -0.1) is 0 Å². The van der Waals surface area contributed by atoms with E-state index in [0.29, 0.717) is 6.04 Å². The molecule has 2 nitrogen and oxygen atoms in total. The van der Waals surface area contributed by atoms with Crippen LogP contribution in [0.5, 0.6) is 0 Å². The molecule has 0 aromatic carbocycles. The number of aliphatic hydroxyl groups excluding tert-OH is 1. The predicted molar refractivity (Wildman–Crippen MR) is 54.6 cm³/mol. The lowest BCUT2D eigenvalue weighted by molar-refractivity contribution is 0.157. The minimum atomic E-state index is -0.138. The summed E-state index contributed by atoms with van der Waals surface area (Å²) in [5, 5.41) is 12.8. The highest BCUT2D eigenvalue weighted by Gasteiger charge is 2.15. The standard InChI is InChI=1S/C9H19NOS/c1-2-3-9(11)6-10-8-4-5-12-7-8/h8-11H,2-7H2,1H3. The molecule has 72 valence electrons. The molecule has 3 heteroatoms. The highest BCUT2D eigenvalue weighted by molar-refractivity contribution is 7.99. The number of hydrogen-bond acceptors (Lipinski definition) is 3. The van der Waals surface area contributed by atoms with E-state index in [9.17, 15) is 5.11 Å². The molecule has 0 amide bonds. The van der Waals surface area contributed by atoms with Gasteiger partial charge in [-0.2, -0.15) is 11.8 Å². The lowest BCUT2D eigenvalue weighted by Crippen LogP contribution is -2.35. The SMILES string of the molecule is CCCC(O)CNC1CCSC1. The molecular formula is C9H19NOS. The van der Waals surface area contributed by atoms with E-state index in [0.717, 1.165) is 19.4 Å². The average Bonchev–Trinajstić information content (AvgIpc) is 2.53. The third kappa shape index (κ3) is 3.78. The Labute approximate surface area is 79.1 Å². The number of aliphatic hydroxyl groups is 1. The second-order valence-corrected chi connectivity index (χ2v) is 4.56. The monoisotopic (exact) mass is 189 g/mol. The lowest BCUT2D eigenvalue weighted by Gasteiger charge is -2.14. The fourth-order valence-electron chi connectivity index (χ4n) is 1.43. The third-order valence-corrected chi connectivity index (χ3v) is 3.36. The van der Waals surface area contributed by atoms with Gasteiger partial charge in [0.25, 0.3) is 0 Å². The maximum Gasteiger partial charge on any atom is 0.0664 e. The molecule has 2 atom stereocenters. The summed E-state index contributed by atoms with van der Waals surface area (Å²) in [7, 11) is 0. The van der Waals surface area contributed by atoms with Gasteiger partial charge in [0, 0.05) is 18.3 Å². The maximum atomic E-state index is 9.44. The first-order chi connectivity index (χ1) is 5.83. The molecule has 1 rings (SSSR count). The van der Waals surface area contributed by atoms with Gasteiger partial charge < -0.3 is 10.4 Å². The van der Waals surface area contributed by atoms with Gasteiger partial charge in [0.2, 0.25) is 0 Å². The van der Waals surface area contributed by atoms with Crippen molar-refractivity contribution in [3.8, 4) is 0 Å². The zero-order chi connectivity index (χ0) is 8.81. The minimum Gasteiger partial charge on any atom is -0.392 e. The van der Waals surface area contributed by atoms with Gasteiger partial charge in [0.1, 0.15) is 0 Å².